The van der Waals surface area contributed by atoms with Crippen LogP contribution in [-0.2, 0) is 4.79 Å². The van der Waals surface area contributed by atoms with Gasteiger partial charge in [0.05, 0.1) is 5.92 Å². The lowest BCUT2D eigenvalue weighted by atomic mass is 9.58. The highest BCUT2D eigenvalue weighted by atomic mass is 16.3. The van der Waals surface area contributed by atoms with Crippen molar-refractivity contribution in [2.45, 2.75) is 44.3 Å². The van der Waals surface area contributed by atoms with E-state index in [1.807, 2.05) is 6.92 Å². The zero-order valence-electron chi connectivity index (χ0n) is 13.5. The smallest absolute Gasteiger partial charge is 0.173 e. The average Bonchev–Trinajstić information content (AvgIpc) is 2.53. The Morgan fingerprint density at radius 2 is 1.96 bits per heavy atom. The van der Waals surface area contributed by atoms with Gasteiger partial charge in [-0.2, -0.15) is 0 Å². The van der Waals surface area contributed by atoms with Gasteiger partial charge in [0.15, 0.2) is 11.6 Å². The van der Waals surface area contributed by atoms with Crippen molar-refractivity contribution in [2.24, 2.45) is 11.8 Å². The number of phenols is 1. The maximum atomic E-state index is 13.1. The molecule has 0 unspecified atom stereocenters. The van der Waals surface area contributed by atoms with Gasteiger partial charge in [0.25, 0.3) is 0 Å². The van der Waals surface area contributed by atoms with Crippen LogP contribution in [0.5, 0.6) is 5.75 Å². The van der Waals surface area contributed by atoms with Crippen molar-refractivity contribution in [3.05, 3.63) is 40.5 Å². The minimum atomic E-state index is -1.74. The summed E-state index contributed by atoms with van der Waals surface area (Å²) in [6, 6.07) is 4.46. The Morgan fingerprint density at radius 1 is 1.21 bits per heavy atom. The first-order chi connectivity index (χ1) is 11.3. The Kier molecular flexibility index (Phi) is 3.24. The number of phenolic OH excluding ortho intramolecular Hbond substituents is 1. The van der Waals surface area contributed by atoms with Crippen molar-refractivity contribution in [1.82, 2.24) is 0 Å². The summed E-state index contributed by atoms with van der Waals surface area (Å²) in [6.07, 6.45) is 0.423. The number of carbonyl (C=O) groups is 2. The van der Waals surface area contributed by atoms with E-state index in [1.165, 1.54) is 18.2 Å². The van der Waals surface area contributed by atoms with Crippen LogP contribution in [0.25, 0.3) is 0 Å². The van der Waals surface area contributed by atoms with E-state index in [9.17, 15) is 24.9 Å². The molecule has 0 saturated heterocycles. The first kappa shape index (κ1) is 15.5. The SMILES string of the molecule is C[C@@H]1CC(=O)C2=C(CC[C@]3(O)[C@@H]2C(=O)c2cccc(O)c2[C@@H]3O)C1. The quantitative estimate of drug-likeness (QED) is 0.677. The lowest BCUT2D eigenvalue weighted by Crippen LogP contribution is -2.55. The van der Waals surface area contributed by atoms with Crippen LogP contribution in [0, 0.1) is 11.8 Å². The molecule has 0 amide bonds. The highest BCUT2D eigenvalue weighted by Crippen LogP contribution is 2.54. The zero-order valence-corrected chi connectivity index (χ0v) is 13.5. The topological polar surface area (TPSA) is 94.8 Å². The third-order valence-electron chi connectivity index (χ3n) is 5.78. The third-order valence-corrected chi connectivity index (χ3v) is 5.78. The van der Waals surface area contributed by atoms with E-state index in [2.05, 4.69) is 0 Å². The van der Waals surface area contributed by atoms with E-state index in [4.69, 9.17) is 0 Å². The lowest BCUT2D eigenvalue weighted by molar-refractivity contribution is -0.128. The molecule has 0 saturated carbocycles. The van der Waals surface area contributed by atoms with Crippen LogP contribution in [-0.4, -0.2) is 32.5 Å². The van der Waals surface area contributed by atoms with Gasteiger partial charge in [0, 0.05) is 23.1 Å². The Bertz CT molecular complexity index is 793. The van der Waals surface area contributed by atoms with Crippen molar-refractivity contribution < 1.29 is 24.9 Å². The summed E-state index contributed by atoms with van der Waals surface area (Å²) in [5, 5.41) is 32.0. The molecule has 0 radical (unpaired) electrons. The number of hydrogen-bond donors (Lipinski definition) is 3. The summed E-state index contributed by atoms with van der Waals surface area (Å²) in [7, 11) is 0. The number of ketones is 2. The molecule has 0 bridgehead atoms. The van der Waals surface area contributed by atoms with E-state index in [0.29, 0.717) is 18.4 Å². The molecule has 5 nitrogen and oxygen atoms in total. The van der Waals surface area contributed by atoms with Crippen molar-refractivity contribution in [3.8, 4) is 5.75 Å². The Labute approximate surface area is 139 Å². The molecule has 3 aliphatic carbocycles. The molecular weight excluding hydrogens is 308 g/mol. The second-order valence-corrected chi connectivity index (χ2v) is 7.38. The molecule has 0 fully saturated rings. The molecule has 126 valence electrons. The predicted molar refractivity (Wildman–Crippen MR) is 85.5 cm³/mol. The molecule has 1 aromatic rings. The van der Waals surface area contributed by atoms with E-state index < -0.39 is 17.6 Å². The normalized spacial score (nSPS) is 35.4. The van der Waals surface area contributed by atoms with E-state index >= 15 is 0 Å². The first-order valence-corrected chi connectivity index (χ1v) is 8.36. The molecule has 3 aliphatic rings. The van der Waals surface area contributed by atoms with Crippen LogP contribution in [0.2, 0.25) is 0 Å². The van der Waals surface area contributed by atoms with Crippen LogP contribution >= 0.6 is 0 Å². The largest absolute Gasteiger partial charge is 0.508 e. The minimum absolute atomic E-state index is 0.0712. The van der Waals surface area contributed by atoms with E-state index in [-0.39, 0.29) is 40.8 Å². The molecule has 0 heterocycles. The number of hydrogen-bond acceptors (Lipinski definition) is 5. The lowest BCUT2D eigenvalue weighted by Gasteiger charge is -2.48. The summed E-state index contributed by atoms with van der Waals surface area (Å²) >= 11 is 0. The summed E-state index contributed by atoms with van der Waals surface area (Å²) in [5.74, 6) is -1.49. The highest BCUT2D eigenvalue weighted by molar-refractivity contribution is 6.11. The standard InChI is InChI=1S/C19H20O5/c1-9-7-10-5-6-19(24)16(14(10)13(21)8-9)17(22)11-3-2-4-12(20)15(11)18(19)23/h2-4,9,16,18,20,23-24H,5-8H2,1H3/t9-,16-,18-,19-/m0/s1. The molecule has 24 heavy (non-hydrogen) atoms. The van der Waals surface area contributed by atoms with Gasteiger partial charge in [-0.3, -0.25) is 9.59 Å². The Morgan fingerprint density at radius 3 is 2.71 bits per heavy atom. The number of aliphatic hydroxyl groups is 2. The van der Waals surface area contributed by atoms with Gasteiger partial charge < -0.3 is 15.3 Å². The average molecular weight is 328 g/mol. The monoisotopic (exact) mass is 328 g/mol. The number of Topliss-reactive ketones (excluding diaryl/α,β-unsaturated/α-hetero) is 2. The summed E-state index contributed by atoms with van der Waals surface area (Å²) in [4.78, 5) is 25.7. The van der Waals surface area contributed by atoms with Crippen LogP contribution in [0.15, 0.2) is 29.3 Å². The molecule has 4 atom stereocenters. The molecule has 0 aromatic heterocycles. The summed E-state index contributed by atoms with van der Waals surface area (Å²) in [5.41, 5.74) is -0.130. The minimum Gasteiger partial charge on any atom is -0.508 e. The van der Waals surface area contributed by atoms with Gasteiger partial charge in [-0.15, -0.1) is 0 Å². The van der Waals surface area contributed by atoms with Gasteiger partial charge in [-0.1, -0.05) is 24.6 Å². The zero-order chi connectivity index (χ0) is 17.2. The van der Waals surface area contributed by atoms with Gasteiger partial charge in [-0.25, -0.2) is 0 Å². The summed E-state index contributed by atoms with van der Waals surface area (Å²) in [6.45, 7) is 2.01. The molecule has 0 aliphatic heterocycles. The van der Waals surface area contributed by atoms with Crippen LogP contribution in [0.1, 0.15) is 54.6 Å². The van der Waals surface area contributed by atoms with E-state index in [1.54, 1.807) is 0 Å². The number of allylic oxidation sites excluding steroid dienone is 1. The van der Waals surface area contributed by atoms with Gasteiger partial charge in [0.1, 0.15) is 17.5 Å². The molecule has 0 spiro atoms. The van der Waals surface area contributed by atoms with Crippen molar-refractivity contribution in [2.75, 3.05) is 0 Å². The summed E-state index contributed by atoms with van der Waals surface area (Å²) < 4.78 is 0. The maximum Gasteiger partial charge on any atom is 0.173 e. The fourth-order valence-electron chi connectivity index (χ4n) is 4.69. The number of aromatic hydroxyl groups is 1. The van der Waals surface area contributed by atoms with Crippen molar-refractivity contribution in [3.63, 3.8) is 0 Å². The fraction of sp³-hybridized carbons (Fsp3) is 0.474. The number of aliphatic hydroxyl groups excluding tert-OH is 1. The Hall–Kier alpha value is -1.98. The predicted octanol–water partition coefficient (Wildman–Crippen LogP) is 2.06. The van der Waals surface area contributed by atoms with Crippen LogP contribution < -0.4 is 0 Å². The van der Waals surface area contributed by atoms with E-state index in [0.717, 1.165) is 12.0 Å². The molecule has 5 heteroatoms. The van der Waals surface area contributed by atoms with Gasteiger partial charge in [-0.05, 0) is 31.2 Å². The molecule has 1 aromatic carbocycles. The number of carbonyl (C=O) groups excluding carboxylic acids is 2. The number of benzene rings is 1. The third kappa shape index (κ3) is 1.88. The molecule has 4 rings (SSSR count). The first-order valence-electron chi connectivity index (χ1n) is 8.36. The Balaban J connectivity index is 1.94. The van der Waals surface area contributed by atoms with Crippen molar-refractivity contribution in [1.29, 1.82) is 0 Å². The second-order valence-electron chi connectivity index (χ2n) is 7.38. The van der Waals surface area contributed by atoms with Crippen LogP contribution in [0.4, 0.5) is 0 Å². The second kappa shape index (κ2) is 5.01. The highest BCUT2D eigenvalue weighted by Gasteiger charge is 2.58. The van der Waals surface area contributed by atoms with Gasteiger partial charge in [0.2, 0.25) is 0 Å². The molecule has 3 N–H and O–H groups in total. The van der Waals surface area contributed by atoms with Crippen LogP contribution in [0.3, 0.4) is 0 Å². The number of fused-ring (bicyclic) bond motifs is 3. The van der Waals surface area contributed by atoms with Gasteiger partial charge >= 0.3 is 0 Å². The molecular formula is C19H20O5. The maximum absolute atomic E-state index is 13.1. The fourth-order valence-corrected chi connectivity index (χ4v) is 4.69. The number of rotatable bonds is 0. The van der Waals surface area contributed by atoms with Crippen molar-refractivity contribution >= 4 is 11.6 Å².